The van der Waals surface area contributed by atoms with E-state index in [2.05, 4.69) is 10.1 Å². The fourth-order valence-corrected chi connectivity index (χ4v) is 2.06. The monoisotopic (exact) mass is 253 g/mol. The predicted molar refractivity (Wildman–Crippen MR) is 74.1 cm³/mol. The molecule has 0 atom stereocenters. The van der Waals surface area contributed by atoms with E-state index in [0.717, 1.165) is 22.2 Å². The van der Waals surface area contributed by atoms with Crippen LogP contribution in [0, 0.1) is 0 Å². The van der Waals surface area contributed by atoms with Gasteiger partial charge in [-0.1, -0.05) is 18.2 Å². The summed E-state index contributed by atoms with van der Waals surface area (Å²) in [4.78, 5) is 4.19. The van der Waals surface area contributed by atoms with Gasteiger partial charge in [-0.15, -0.1) is 0 Å². The van der Waals surface area contributed by atoms with Gasteiger partial charge in [0, 0.05) is 17.1 Å². The molecule has 0 unspecified atom stereocenters. The lowest BCUT2D eigenvalue weighted by atomic mass is 10.0. The van der Waals surface area contributed by atoms with E-state index in [1.807, 2.05) is 41.2 Å². The number of para-hydroxylation sites is 1. The minimum absolute atomic E-state index is 0.768. The maximum Gasteiger partial charge on any atom is 0.0856 e. The molecule has 0 aliphatic rings. The van der Waals surface area contributed by atoms with Gasteiger partial charge in [-0.2, -0.15) is 5.10 Å². The Morgan fingerprint density at radius 1 is 1.11 bits per heavy atom. The SMILES string of the molecule is CC(C)(O)c1cncc(-n2ncc3ccccc32)c1. The van der Waals surface area contributed by atoms with Crippen molar-refractivity contribution in [3.8, 4) is 5.69 Å². The molecule has 1 aromatic carbocycles. The first-order chi connectivity index (χ1) is 9.05. The molecule has 0 fully saturated rings. The summed E-state index contributed by atoms with van der Waals surface area (Å²) < 4.78 is 1.83. The van der Waals surface area contributed by atoms with Crippen LogP contribution in [0.15, 0.2) is 48.9 Å². The third kappa shape index (κ3) is 2.11. The molecular weight excluding hydrogens is 238 g/mol. The molecule has 2 aromatic heterocycles. The zero-order valence-corrected chi connectivity index (χ0v) is 10.9. The number of aliphatic hydroxyl groups is 1. The number of rotatable bonds is 2. The molecule has 1 N–H and O–H groups in total. The fraction of sp³-hybridized carbons (Fsp3) is 0.200. The molecule has 0 spiro atoms. The molecular formula is C15H15N3O. The van der Waals surface area contributed by atoms with Gasteiger partial charge in [0.15, 0.2) is 0 Å². The summed E-state index contributed by atoms with van der Waals surface area (Å²) in [5, 5.41) is 15.5. The highest BCUT2D eigenvalue weighted by Crippen LogP contribution is 2.23. The summed E-state index contributed by atoms with van der Waals surface area (Å²) in [5.74, 6) is 0. The first-order valence-electron chi connectivity index (χ1n) is 6.17. The molecule has 0 bridgehead atoms. The number of nitrogens with zero attached hydrogens (tertiary/aromatic N) is 3. The van der Waals surface area contributed by atoms with E-state index in [1.54, 1.807) is 26.2 Å². The Labute approximate surface area is 111 Å². The van der Waals surface area contributed by atoms with Gasteiger partial charge in [0.05, 0.1) is 29.2 Å². The third-order valence-electron chi connectivity index (χ3n) is 3.15. The number of aromatic nitrogens is 3. The van der Waals surface area contributed by atoms with Crippen molar-refractivity contribution in [2.75, 3.05) is 0 Å². The highest BCUT2D eigenvalue weighted by atomic mass is 16.3. The molecule has 0 saturated carbocycles. The predicted octanol–water partition coefficient (Wildman–Crippen LogP) is 2.65. The molecule has 0 amide bonds. The van der Waals surface area contributed by atoms with Crippen molar-refractivity contribution in [1.29, 1.82) is 0 Å². The van der Waals surface area contributed by atoms with Gasteiger partial charge in [-0.3, -0.25) is 4.98 Å². The summed E-state index contributed by atoms with van der Waals surface area (Å²) in [6, 6.07) is 9.91. The van der Waals surface area contributed by atoms with Crippen LogP contribution in [0.1, 0.15) is 19.4 Å². The van der Waals surface area contributed by atoms with Crippen molar-refractivity contribution in [2.24, 2.45) is 0 Å². The lowest BCUT2D eigenvalue weighted by Gasteiger charge is -2.17. The fourth-order valence-electron chi connectivity index (χ4n) is 2.06. The van der Waals surface area contributed by atoms with E-state index in [1.165, 1.54) is 0 Å². The second kappa shape index (κ2) is 4.17. The van der Waals surface area contributed by atoms with Crippen LogP contribution in [-0.4, -0.2) is 19.9 Å². The Morgan fingerprint density at radius 2 is 1.89 bits per heavy atom. The number of pyridine rings is 1. The van der Waals surface area contributed by atoms with E-state index in [-0.39, 0.29) is 0 Å². The standard InChI is InChI=1S/C15H15N3O/c1-15(2,19)12-7-13(10-16-9-12)18-14-6-4-3-5-11(14)8-17-18/h3-10,19H,1-2H3. The van der Waals surface area contributed by atoms with Gasteiger partial charge < -0.3 is 5.11 Å². The normalized spacial score (nSPS) is 11.9. The van der Waals surface area contributed by atoms with Crippen molar-refractivity contribution in [1.82, 2.24) is 14.8 Å². The molecule has 3 aromatic rings. The Hall–Kier alpha value is -2.20. The van der Waals surface area contributed by atoms with E-state index < -0.39 is 5.60 Å². The van der Waals surface area contributed by atoms with E-state index in [0.29, 0.717) is 0 Å². The van der Waals surface area contributed by atoms with Crippen molar-refractivity contribution < 1.29 is 5.11 Å². The second-order valence-corrected chi connectivity index (χ2v) is 5.11. The average Bonchev–Trinajstić information content (AvgIpc) is 2.82. The van der Waals surface area contributed by atoms with E-state index in [9.17, 15) is 5.11 Å². The Balaban J connectivity index is 2.17. The van der Waals surface area contributed by atoms with E-state index in [4.69, 9.17) is 0 Å². The van der Waals surface area contributed by atoms with Crippen molar-refractivity contribution in [3.05, 3.63) is 54.5 Å². The molecule has 0 saturated heterocycles. The zero-order valence-electron chi connectivity index (χ0n) is 10.9. The van der Waals surface area contributed by atoms with Crippen LogP contribution in [0.4, 0.5) is 0 Å². The van der Waals surface area contributed by atoms with Crippen LogP contribution >= 0.6 is 0 Å². The van der Waals surface area contributed by atoms with Crippen LogP contribution in [-0.2, 0) is 5.60 Å². The van der Waals surface area contributed by atoms with Crippen LogP contribution in [0.25, 0.3) is 16.6 Å². The smallest absolute Gasteiger partial charge is 0.0856 e. The quantitative estimate of drug-likeness (QED) is 0.764. The maximum absolute atomic E-state index is 10.1. The van der Waals surface area contributed by atoms with Crippen molar-refractivity contribution >= 4 is 10.9 Å². The zero-order chi connectivity index (χ0) is 13.5. The number of hydrogen-bond acceptors (Lipinski definition) is 3. The van der Waals surface area contributed by atoms with Crippen LogP contribution < -0.4 is 0 Å². The maximum atomic E-state index is 10.1. The molecule has 4 nitrogen and oxygen atoms in total. The minimum Gasteiger partial charge on any atom is -0.386 e. The van der Waals surface area contributed by atoms with Gasteiger partial charge in [-0.25, -0.2) is 4.68 Å². The lowest BCUT2D eigenvalue weighted by molar-refractivity contribution is 0.0782. The highest BCUT2D eigenvalue weighted by molar-refractivity contribution is 5.80. The Bertz CT molecular complexity index is 725. The van der Waals surface area contributed by atoms with Crippen molar-refractivity contribution in [3.63, 3.8) is 0 Å². The summed E-state index contributed by atoms with van der Waals surface area (Å²) in [6.07, 6.45) is 5.25. The van der Waals surface area contributed by atoms with Crippen molar-refractivity contribution in [2.45, 2.75) is 19.4 Å². The molecule has 3 rings (SSSR count). The second-order valence-electron chi connectivity index (χ2n) is 5.11. The molecule has 0 aliphatic heterocycles. The largest absolute Gasteiger partial charge is 0.386 e. The summed E-state index contributed by atoms with van der Waals surface area (Å²) in [5.41, 5.74) is 1.73. The highest BCUT2D eigenvalue weighted by Gasteiger charge is 2.17. The van der Waals surface area contributed by atoms with Crippen LogP contribution in [0.2, 0.25) is 0 Å². The number of benzene rings is 1. The molecule has 2 heterocycles. The van der Waals surface area contributed by atoms with Gasteiger partial charge in [-0.05, 0) is 26.0 Å². The summed E-state index contributed by atoms with van der Waals surface area (Å²) in [7, 11) is 0. The minimum atomic E-state index is -0.911. The Kier molecular flexibility index (Phi) is 2.61. The molecule has 0 aliphatic carbocycles. The first kappa shape index (κ1) is 11.9. The topological polar surface area (TPSA) is 50.9 Å². The Morgan fingerprint density at radius 3 is 2.68 bits per heavy atom. The average molecular weight is 253 g/mol. The van der Waals surface area contributed by atoms with Gasteiger partial charge in [0.2, 0.25) is 0 Å². The van der Waals surface area contributed by atoms with Gasteiger partial charge in [0.25, 0.3) is 0 Å². The third-order valence-corrected chi connectivity index (χ3v) is 3.15. The van der Waals surface area contributed by atoms with Crippen LogP contribution in [0.3, 0.4) is 0 Å². The lowest BCUT2D eigenvalue weighted by Crippen LogP contribution is -2.16. The van der Waals surface area contributed by atoms with Crippen LogP contribution in [0.5, 0.6) is 0 Å². The molecule has 19 heavy (non-hydrogen) atoms. The van der Waals surface area contributed by atoms with Gasteiger partial charge in [0.1, 0.15) is 0 Å². The number of hydrogen-bond donors (Lipinski definition) is 1. The summed E-state index contributed by atoms with van der Waals surface area (Å²) in [6.45, 7) is 3.49. The van der Waals surface area contributed by atoms with Gasteiger partial charge >= 0.3 is 0 Å². The molecule has 4 heteroatoms. The molecule has 96 valence electrons. The molecule has 0 radical (unpaired) electrons. The first-order valence-corrected chi connectivity index (χ1v) is 6.17. The van der Waals surface area contributed by atoms with E-state index >= 15 is 0 Å². The summed E-state index contributed by atoms with van der Waals surface area (Å²) >= 11 is 0. The number of fused-ring (bicyclic) bond motifs is 1.